The Morgan fingerprint density at radius 2 is 1.95 bits per heavy atom. The Morgan fingerprint density at radius 1 is 1.21 bits per heavy atom. The van der Waals surface area contributed by atoms with Crippen LogP contribution >= 0.6 is 0 Å². The highest BCUT2D eigenvalue weighted by molar-refractivity contribution is 5.76. The first kappa shape index (κ1) is 13.7. The molecule has 1 aromatic carbocycles. The number of nitrogens with one attached hydrogen (secondary N) is 2. The van der Waals surface area contributed by atoms with Gasteiger partial charge in [0.05, 0.1) is 20.3 Å². The summed E-state index contributed by atoms with van der Waals surface area (Å²) in [6.45, 7) is 3.20. The highest BCUT2D eigenvalue weighted by Gasteiger charge is 2.21. The van der Waals surface area contributed by atoms with Gasteiger partial charge in [0.1, 0.15) is 11.5 Å². The van der Waals surface area contributed by atoms with Crippen molar-refractivity contribution in [1.82, 2.24) is 10.6 Å². The van der Waals surface area contributed by atoms with Crippen molar-refractivity contribution in [2.45, 2.75) is 19.4 Å². The lowest BCUT2D eigenvalue weighted by atomic mass is 10.0. The fourth-order valence-electron chi connectivity index (χ4n) is 2.30. The molecule has 0 aliphatic carbocycles. The van der Waals surface area contributed by atoms with Gasteiger partial charge in [-0.2, -0.15) is 0 Å². The third-order valence-electron chi connectivity index (χ3n) is 3.37. The number of amides is 1. The highest BCUT2D eigenvalue weighted by Crippen LogP contribution is 2.32. The van der Waals surface area contributed by atoms with E-state index < -0.39 is 0 Å². The van der Waals surface area contributed by atoms with Crippen molar-refractivity contribution in [3.63, 3.8) is 0 Å². The summed E-state index contributed by atoms with van der Waals surface area (Å²) in [6.07, 6.45) is 0.502. The normalized spacial score (nSPS) is 19.5. The molecule has 1 atom stereocenters. The van der Waals surface area contributed by atoms with Gasteiger partial charge in [-0.25, -0.2) is 0 Å². The van der Waals surface area contributed by atoms with Crippen LogP contribution in [-0.2, 0) is 4.79 Å². The van der Waals surface area contributed by atoms with Crippen LogP contribution in [0.25, 0.3) is 0 Å². The zero-order valence-electron chi connectivity index (χ0n) is 11.6. The summed E-state index contributed by atoms with van der Waals surface area (Å²) in [6, 6.07) is 3.97. The molecule has 1 saturated heterocycles. The molecule has 104 valence electrons. The van der Waals surface area contributed by atoms with Crippen LogP contribution in [0.5, 0.6) is 11.5 Å². The SMILES string of the molecule is COc1cc(C2CNC(=O)CCN2)c(OC)cc1C. The standard InChI is InChI=1S/C14H20N2O3/c1-9-6-13(19-3)10(7-12(9)18-2)11-8-16-14(17)4-5-15-11/h6-7,11,15H,4-5,8H2,1-3H3,(H,16,17). The second-order valence-electron chi connectivity index (χ2n) is 4.62. The van der Waals surface area contributed by atoms with Crippen LogP contribution < -0.4 is 20.1 Å². The second-order valence-corrected chi connectivity index (χ2v) is 4.62. The van der Waals surface area contributed by atoms with Gasteiger partial charge in [-0.3, -0.25) is 4.79 Å². The predicted molar refractivity (Wildman–Crippen MR) is 72.7 cm³/mol. The molecule has 5 heteroatoms. The number of methoxy groups -OCH3 is 2. The van der Waals surface area contributed by atoms with Gasteiger partial charge in [0.25, 0.3) is 0 Å². The molecule has 0 spiro atoms. The molecule has 2 rings (SSSR count). The van der Waals surface area contributed by atoms with Gasteiger partial charge in [0.15, 0.2) is 0 Å². The van der Waals surface area contributed by atoms with Crippen molar-refractivity contribution >= 4 is 5.91 Å². The molecule has 1 fully saturated rings. The molecular formula is C14H20N2O3. The summed E-state index contributed by atoms with van der Waals surface area (Å²) in [5.41, 5.74) is 2.04. The number of rotatable bonds is 3. The molecule has 2 N–H and O–H groups in total. The number of aryl methyl sites for hydroxylation is 1. The van der Waals surface area contributed by atoms with Crippen molar-refractivity contribution in [3.05, 3.63) is 23.3 Å². The average molecular weight is 264 g/mol. The monoisotopic (exact) mass is 264 g/mol. The lowest BCUT2D eigenvalue weighted by Crippen LogP contribution is -2.29. The molecule has 1 unspecified atom stereocenters. The van der Waals surface area contributed by atoms with Crippen molar-refractivity contribution in [3.8, 4) is 11.5 Å². The first-order valence-corrected chi connectivity index (χ1v) is 6.38. The van der Waals surface area contributed by atoms with Crippen LogP contribution in [0.2, 0.25) is 0 Å². The molecule has 1 aliphatic rings. The molecule has 1 amide bonds. The number of hydrogen-bond acceptors (Lipinski definition) is 4. The maximum atomic E-state index is 11.4. The topological polar surface area (TPSA) is 59.6 Å². The van der Waals surface area contributed by atoms with Gasteiger partial charge in [-0.05, 0) is 24.6 Å². The van der Waals surface area contributed by atoms with E-state index in [2.05, 4.69) is 10.6 Å². The molecule has 0 saturated carbocycles. The maximum Gasteiger partial charge on any atom is 0.221 e. The Hall–Kier alpha value is -1.75. The summed E-state index contributed by atoms with van der Waals surface area (Å²) < 4.78 is 10.8. The van der Waals surface area contributed by atoms with Gasteiger partial charge in [-0.15, -0.1) is 0 Å². The molecule has 1 heterocycles. The molecule has 19 heavy (non-hydrogen) atoms. The first-order valence-electron chi connectivity index (χ1n) is 6.38. The van der Waals surface area contributed by atoms with Gasteiger partial charge in [-0.1, -0.05) is 0 Å². The molecule has 0 bridgehead atoms. The first-order chi connectivity index (χ1) is 9.15. The van der Waals surface area contributed by atoms with E-state index in [-0.39, 0.29) is 11.9 Å². The number of carbonyl (C=O) groups excluding carboxylic acids is 1. The van der Waals surface area contributed by atoms with Gasteiger partial charge >= 0.3 is 0 Å². The largest absolute Gasteiger partial charge is 0.496 e. The van der Waals surface area contributed by atoms with Gasteiger partial charge < -0.3 is 20.1 Å². The van der Waals surface area contributed by atoms with E-state index in [0.717, 1.165) is 22.6 Å². The Morgan fingerprint density at radius 3 is 2.63 bits per heavy atom. The van der Waals surface area contributed by atoms with Gasteiger partial charge in [0, 0.05) is 25.1 Å². The maximum absolute atomic E-state index is 11.4. The van der Waals surface area contributed by atoms with Crippen LogP contribution in [0, 0.1) is 6.92 Å². The molecule has 0 aromatic heterocycles. The summed E-state index contributed by atoms with van der Waals surface area (Å²) in [4.78, 5) is 11.4. The third-order valence-corrected chi connectivity index (χ3v) is 3.37. The zero-order chi connectivity index (χ0) is 13.8. The van der Waals surface area contributed by atoms with E-state index >= 15 is 0 Å². The second kappa shape index (κ2) is 5.93. The highest BCUT2D eigenvalue weighted by atomic mass is 16.5. The molecule has 5 nitrogen and oxygen atoms in total. The zero-order valence-corrected chi connectivity index (χ0v) is 11.6. The van der Waals surface area contributed by atoms with Crippen LogP contribution in [0.1, 0.15) is 23.6 Å². The molecule has 1 aromatic rings. The van der Waals surface area contributed by atoms with E-state index in [1.165, 1.54) is 0 Å². The number of ether oxygens (including phenoxy) is 2. The van der Waals surface area contributed by atoms with Crippen LogP contribution in [0.3, 0.4) is 0 Å². The van der Waals surface area contributed by atoms with E-state index in [1.54, 1.807) is 14.2 Å². The summed E-state index contributed by atoms with van der Waals surface area (Å²) in [7, 11) is 3.31. The van der Waals surface area contributed by atoms with Crippen LogP contribution in [0.15, 0.2) is 12.1 Å². The van der Waals surface area contributed by atoms with Crippen molar-refractivity contribution in [2.24, 2.45) is 0 Å². The molecular weight excluding hydrogens is 244 g/mol. The number of carbonyl (C=O) groups is 1. The van der Waals surface area contributed by atoms with Crippen LogP contribution in [-0.4, -0.2) is 33.2 Å². The summed E-state index contributed by atoms with van der Waals surface area (Å²) in [5.74, 6) is 1.72. The minimum atomic E-state index is 0.0379. The Bertz CT molecular complexity index is 474. The lowest BCUT2D eigenvalue weighted by Gasteiger charge is -2.20. The average Bonchev–Trinajstić information content (AvgIpc) is 2.63. The minimum Gasteiger partial charge on any atom is -0.496 e. The van der Waals surface area contributed by atoms with Crippen molar-refractivity contribution in [1.29, 1.82) is 0 Å². The number of benzene rings is 1. The van der Waals surface area contributed by atoms with E-state index in [0.29, 0.717) is 19.5 Å². The molecule has 1 aliphatic heterocycles. The lowest BCUT2D eigenvalue weighted by molar-refractivity contribution is -0.120. The van der Waals surface area contributed by atoms with Crippen LogP contribution in [0.4, 0.5) is 0 Å². The summed E-state index contributed by atoms with van der Waals surface area (Å²) in [5, 5.41) is 6.25. The van der Waals surface area contributed by atoms with Crippen molar-refractivity contribution < 1.29 is 14.3 Å². The minimum absolute atomic E-state index is 0.0379. The van der Waals surface area contributed by atoms with Gasteiger partial charge in [0.2, 0.25) is 5.91 Å². The van der Waals surface area contributed by atoms with E-state index in [1.807, 2.05) is 19.1 Å². The summed E-state index contributed by atoms with van der Waals surface area (Å²) >= 11 is 0. The predicted octanol–water partition coefficient (Wildman–Crippen LogP) is 1.16. The Balaban J connectivity index is 2.33. The van der Waals surface area contributed by atoms with E-state index in [9.17, 15) is 4.79 Å². The number of hydrogen-bond donors (Lipinski definition) is 2. The third kappa shape index (κ3) is 2.98. The quantitative estimate of drug-likeness (QED) is 0.860. The van der Waals surface area contributed by atoms with Crippen molar-refractivity contribution in [2.75, 3.05) is 27.3 Å². The van der Waals surface area contributed by atoms with E-state index in [4.69, 9.17) is 9.47 Å². The Kier molecular flexibility index (Phi) is 4.27. The smallest absolute Gasteiger partial charge is 0.221 e. The Labute approximate surface area is 113 Å². The molecule has 0 radical (unpaired) electrons. The fourth-order valence-corrected chi connectivity index (χ4v) is 2.30. The fraction of sp³-hybridized carbons (Fsp3) is 0.500.